The van der Waals surface area contributed by atoms with Crippen LogP contribution in [0.4, 0.5) is 10.6 Å². The molecule has 0 aromatic carbocycles. The Hall–Kier alpha value is -3.03. The molecule has 0 aliphatic heterocycles. The monoisotopic (exact) mass is 365 g/mol. The number of fused-ring (bicyclic) bond motifs is 1. The molecular weight excluding hydrogens is 342 g/mol. The Morgan fingerprint density at radius 3 is 2.70 bits per heavy atom. The number of hydrogen-bond acceptors (Lipinski definition) is 5. The van der Waals surface area contributed by atoms with Gasteiger partial charge in [-0.05, 0) is 44.9 Å². The van der Waals surface area contributed by atoms with Crippen molar-refractivity contribution in [2.24, 2.45) is 0 Å². The van der Waals surface area contributed by atoms with Gasteiger partial charge in [-0.15, -0.1) is 0 Å². The highest BCUT2D eigenvalue weighted by molar-refractivity contribution is 5.89. The van der Waals surface area contributed by atoms with E-state index in [0.717, 1.165) is 18.5 Å². The first-order chi connectivity index (χ1) is 13.1. The molecular formula is C19H23N7O. The predicted octanol–water partition coefficient (Wildman–Crippen LogP) is 3.53. The largest absolute Gasteiger partial charge is 0.335 e. The van der Waals surface area contributed by atoms with Crippen LogP contribution in [0.3, 0.4) is 0 Å². The molecule has 3 aromatic rings. The highest BCUT2D eigenvalue weighted by Gasteiger charge is 2.17. The highest BCUT2D eigenvalue weighted by atomic mass is 16.2. The molecule has 3 heterocycles. The molecule has 1 fully saturated rings. The fraction of sp³-hybridized carbons (Fsp3) is 0.421. The molecule has 0 saturated heterocycles. The molecule has 1 aliphatic carbocycles. The van der Waals surface area contributed by atoms with E-state index in [0.29, 0.717) is 22.7 Å². The minimum atomic E-state index is -0.228. The lowest BCUT2D eigenvalue weighted by Crippen LogP contribution is -2.36. The highest BCUT2D eigenvalue weighted by Crippen LogP contribution is 2.20. The van der Waals surface area contributed by atoms with Crippen molar-refractivity contribution >= 4 is 23.0 Å². The average Bonchev–Trinajstić information content (AvgIpc) is 3.33. The van der Waals surface area contributed by atoms with Gasteiger partial charge >= 0.3 is 6.03 Å². The van der Waals surface area contributed by atoms with E-state index in [9.17, 15) is 4.79 Å². The number of carbonyl (C=O) groups is 1. The third-order valence-corrected chi connectivity index (χ3v) is 4.74. The summed E-state index contributed by atoms with van der Waals surface area (Å²) in [6.07, 6.45) is 8.03. The van der Waals surface area contributed by atoms with E-state index in [2.05, 4.69) is 44.5 Å². The number of carbonyl (C=O) groups excluding carboxylic acids is 1. The Balaban J connectivity index is 1.54. The normalized spacial score (nSPS) is 14.8. The molecule has 0 unspecified atom stereocenters. The van der Waals surface area contributed by atoms with Gasteiger partial charge in [0.25, 0.3) is 0 Å². The molecule has 140 valence electrons. The predicted molar refractivity (Wildman–Crippen MR) is 103 cm³/mol. The summed E-state index contributed by atoms with van der Waals surface area (Å²) < 4.78 is 1.87. The van der Waals surface area contributed by atoms with Crippen LogP contribution in [-0.4, -0.2) is 36.8 Å². The fourth-order valence-corrected chi connectivity index (χ4v) is 3.26. The number of aromatic nitrogens is 5. The van der Waals surface area contributed by atoms with Crippen molar-refractivity contribution < 1.29 is 4.79 Å². The summed E-state index contributed by atoms with van der Waals surface area (Å²) in [5.74, 6) is 0.456. The van der Waals surface area contributed by atoms with Crippen LogP contribution in [0.5, 0.6) is 0 Å². The van der Waals surface area contributed by atoms with E-state index >= 15 is 0 Å². The van der Waals surface area contributed by atoms with Crippen LogP contribution in [0, 0.1) is 0 Å². The van der Waals surface area contributed by atoms with Gasteiger partial charge in [-0.1, -0.05) is 12.8 Å². The second-order valence-corrected chi connectivity index (χ2v) is 7.15. The van der Waals surface area contributed by atoms with E-state index in [4.69, 9.17) is 0 Å². The van der Waals surface area contributed by atoms with Gasteiger partial charge in [0.2, 0.25) is 0 Å². The molecule has 0 atom stereocenters. The number of nitrogens with one attached hydrogen (secondary N) is 2. The maximum Gasteiger partial charge on any atom is 0.320 e. The minimum Gasteiger partial charge on any atom is -0.335 e. The SMILES string of the molecule is CC(C)n1ccc(-c2cnc3ccc(NC(=O)NC4CCCC4)nc3n2)n1. The van der Waals surface area contributed by atoms with Gasteiger partial charge in [0, 0.05) is 18.3 Å². The lowest BCUT2D eigenvalue weighted by Gasteiger charge is -2.12. The molecule has 1 aliphatic rings. The van der Waals surface area contributed by atoms with Gasteiger partial charge in [0.05, 0.1) is 6.20 Å². The molecule has 4 rings (SSSR count). The van der Waals surface area contributed by atoms with Crippen LogP contribution in [0.25, 0.3) is 22.6 Å². The third-order valence-electron chi connectivity index (χ3n) is 4.74. The maximum atomic E-state index is 12.1. The summed E-state index contributed by atoms with van der Waals surface area (Å²) >= 11 is 0. The molecule has 0 bridgehead atoms. The quantitative estimate of drug-likeness (QED) is 0.737. The summed E-state index contributed by atoms with van der Waals surface area (Å²) in [7, 11) is 0. The van der Waals surface area contributed by atoms with Gasteiger partial charge in [-0.3, -0.25) is 15.0 Å². The summed E-state index contributed by atoms with van der Waals surface area (Å²) in [6.45, 7) is 4.14. The lowest BCUT2D eigenvalue weighted by atomic mass is 10.2. The van der Waals surface area contributed by atoms with E-state index in [1.807, 2.05) is 16.9 Å². The zero-order valence-corrected chi connectivity index (χ0v) is 15.5. The number of hydrogen-bond donors (Lipinski definition) is 2. The molecule has 3 aromatic heterocycles. The zero-order chi connectivity index (χ0) is 18.8. The van der Waals surface area contributed by atoms with Gasteiger partial charge < -0.3 is 5.32 Å². The number of amides is 2. The van der Waals surface area contributed by atoms with Crippen molar-refractivity contribution in [2.45, 2.75) is 51.6 Å². The van der Waals surface area contributed by atoms with Crippen molar-refractivity contribution in [3.8, 4) is 11.4 Å². The van der Waals surface area contributed by atoms with E-state index < -0.39 is 0 Å². The number of pyridine rings is 1. The Morgan fingerprint density at radius 2 is 1.96 bits per heavy atom. The summed E-state index contributed by atoms with van der Waals surface area (Å²) in [5, 5.41) is 10.3. The van der Waals surface area contributed by atoms with Crippen molar-refractivity contribution in [1.82, 2.24) is 30.0 Å². The van der Waals surface area contributed by atoms with Crippen molar-refractivity contribution in [3.05, 3.63) is 30.6 Å². The van der Waals surface area contributed by atoms with Crippen LogP contribution < -0.4 is 10.6 Å². The second-order valence-electron chi connectivity index (χ2n) is 7.15. The first-order valence-corrected chi connectivity index (χ1v) is 9.35. The van der Waals surface area contributed by atoms with Crippen LogP contribution in [-0.2, 0) is 0 Å². The Kier molecular flexibility index (Phi) is 4.70. The van der Waals surface area contributed by atoms with Crippen molar-refractivity contribution in [1.29, 1.82) is 0 Å². The molecule has 0 spiro atoms. The zero-order valence-electron chi connectivity index (χ0n) is 15.5. The minimum absolute atomic E-state index is 0.228. The Bertz CT molecular complexity index is 960. The molecule has 27 heavy (non-hydrogen) atoms. The smallest absolute Gasteiger partial charge is 0.320 e. The molecule has 2 amide bonds. The van der Waals surface area contributed by atoms with Crippen LogP contribution >= 0.6 is 0 Å². The maximum absolute atomic E-state index is 12.1. The van der Waals surface area contributed by atoms with Crippen molar-refractivity contribution in [2.75, 3.05) is 5.32 Å². The van der Waals surface area contributed by atoms with Gasteiger partial charge in [0.1, 0.15) is 22.7 Å². The van der Waals surface area contributed by atoms with Crippen LogP contribution in [0.2, 0.25) is 0 Å². The van der Waals surface area contributed by atoms with E-state index in [1.54, 1.807) is 18.3 Å². The summed E-state index contributed by atoms with van der Waals surface area (Å²) in [4.78, 5) is 25.6. The standard InChI is InChI=1S/C19H23N7O/c1-12(2)26-10-9-14(25-26)16-11-20-15-7-8-17(23-18(15)22-16)24-19(27)21-13-5-3-4-6-13/h7-13H,3-6H2,1-2H3,(H2,21,22,23,24,27). The third kappa shape index (κ3) is 3.89. The number of anilines is 1. The van der Waals surface area contributed by atoms with Crippen molar-refractivity contribution in [3.63, 3.8) is 0 Å². The molecule has 8 nitrogen and oxygen atoms in total. The van der Waals surface area contributed by atoms with Gasteiger partial charge in [0.15, 0.2) is 5.65 Å². The van der Waals surface area contributed by atoms with Crippen LogP contribution in [0.1, 0.15) is 45.6 Å². The van der Waals surface area contributed by atoms with E-state index in [1.165, 1.54) is 12.8 Å². The van der Waals surface area contributed by atoms with E-state index in [-0.39, 0.29) is 18.1 Å². The second kappa shape index (κ2) is 7.30. The fourth-order valence-electron chi connectivity index (χ4n) is 3.26. The first-order valence-electron chi connectivity index (χ1n) is 9.35. The Labute approximate surface area is 157 Å². The van der Waals surface area contributed by atoms with Gasteiger partial charge in [-0.25, -0.2) is 14.8 Å². The molecule has 8 heteroatoms. The summed E-state index contributed by atoms with van der Waals surface area (Å²) in [6, 6.07) is 5.75. The number of rotatable bonds is 4. The number of nitrogens with zero attached hydrogens (tertiary/aromatic N) is 5. The van der Waals surface area contributed by atoms with Gasteiger partial charge in [-0.2, -0.15) is 5.10 Å². The first kappa shape index (κ1) is 17.4. The lowest BCUT2D eigenvalue weighted by molar-refractivity contribution is 0.248. The average molecular weight is 365 g/mol. The molecule has 2 N–H and O–H groups in total. The number of urea groups is 1. The molecule has 1 saturated carbocycles. The Morgan fingerprint density at radius 1 is 1.15 bits per heavy atom. The molecule has 0 radical (unpaired) electrons. The summed E-state index contributed by atoms with van der Waals surface area (Å²) in [5.41, 5.74) is 2.55. The topological polar surface area (TPSA) is 97.6 Å². The van der Waals surface area contributed by atoms with Crippen LogP contribution in [0.15, 0.2) is 30.6 Å².